The Labute approximate surface area is 105 Å². The first-order valence-electron chi connectivity index (χ1n) is 6.19. The number of halogens is 1. The van der Waals surface area contributed by atoms with E-state index >= 15 is 0 Å². The molecule has 0 radical (unpaired) electrons. The van der Waals surface area contributed by atoms with Crippen LogP contribution in [0.3, 0.4) is 0 Å². The number of fused-ring (bicyclic) bond motifs is 4. The van der Waals surface area contributed by atoms with E-state index in [4.69, 9.17) is 0 Å². The standard InChI is InChI=1S/C12H18INO/c13-10-5-4-8-6-9(10)11-2-1-3-12(15)14(11)7-8/h8-11H,1-7H2/t8-,9-,10-,11+/m0/s1. The average Bonchev–Trinajstić information content (AvgIpc) is 2.25. The van der Waals surface area contributed by atoms with Gasteiger partial charge in [0.15, 0.2) is 0 Å². The second kappa shape index (κ2) is 3.90. The van der Waals surface area contributed by atoms with Gasteiger partial charge in [0.1, 0.15) is 0 Å². The summed E-state index contributed by atoms with van der Waals surface area (Å²) in [5, 5.41) is 0. The van der Waals surface area contributed by atoms with E-state index in [1.54, 1.807) is 0 Å². The molecule has 3 rings (SSSR count). The summed E-state index contributed by atoms with van der Waals surface area (Å²) in [7, 11) is 0. The van der Waals surface area contributed by atoms with Crippen LogP contribution in [0.2, 0.25) is 0 Å². The summed E-state index contributed by atoms with van der Waals surface area (Å²) in [6, 6.07) is 0.602. The Balaban J connectivity index is 1.85. The Morgan fingerprint density at radius 2 is 2.13 bits per heavy atom. The molecule has 2 aliphatic heterocycles. The number of hydrogen-bond donors (Lipinski definition) is 0. The van der Waals surface area contributed by atoms with Crippen molar-refractivity contribution in [1.29, 1.82) is 0 Å². The topological polar surface area (TPSA) is 20.3 Å². The summed E-state index contributed by atoms with van der Waals surface area (Å²) in [4.78, 5) is 14.1. The van der Waals surface area contributed by atoms with Gasteiger partial charge < -0.3 is 4.90 Å². The van der Waals surface area contributed by atoms with Crippen LogP contribution in [-0.2, 0) is 4.79 Å². The second-order valence-corrected chi connectivity index (χ2v) is 6.96. The van der Waals surface area contributed by atoms with Crippen LogP contribution in [0.25, 0.3) is 0 Å². The third-order valence-electron chi connectivity index (χ3n) is 4.48. The Morgan fingerprint density at radius 3 is 3.00 bits per heavy atom. The number of amides is 1. The summed E-state index contributed by atoms with van der Waals surface area (Å²) in [6.45, 7) is 1.07. The predicted octanol–water partition coefficient (Wildman–Crippen LogP) is 2.60. The van der Waals surface area contributed by atoms with E-state index in [-0.39, 0.29) is 0 Å². The molecule has 0 unspecified atom stereocenters. The molecular weight excluding hydrogens is 301 g/mol. The molecule has 0 aromatic rings. The summed E-state index contributed by atoms with van der Waals surface area (Å²) in [5.41, 5.74) is 0. The van der Waals surface area contributed by atoms with E-state index in [2.05, 4.69) is 27.5 Å². The maximum atomic E-state index is 11.9. The van der Waals surface area contributed by atoms with Gasteiger partial charge in [-0.1, -0.05) is 22.6 Å². The molecule has 3 aliphatic rings. The maximum absolute atomic E-state index is 11.9. The van der Waals surface area contributed by atoms with Crippen LogP contribution < -0.4 is 0 Å². The zero-order valence-corrected chi connectivity index (χ0v) is 11.2. The zero-order chi connectivity index (χ0) is 10.4. The fourth-order valence-corrected chi connectivity index (χ4v) is 4.86. The smallest absolute Gasteiger partial charge is 0.222 e. The first kappa shape index (κ1) is 10.4. The van der Waals surface area contributed by atoms with Crippen LogP contribution in [0, 0.1) is 11.8 Å². The van der Waals surface area contributed by atoms with Crippen molar-refractivity contribution in [1.82, 2.24) is 4.90 Å². The van der Waals surface area contributed by atoms with Crippen LogP contribution in [0.4, 0.5) is 0 Å². The molecule has 0 spiro atoms. The van der Waals surface area contributed by atoms with Crippen LogP contribution >= 0.6 is 22.6 Å². The Hall–Kier alpha value is 0.200. The largest absolute Gasteiger partial charge is 0.339 e. The number of rotatable bonds is 0. The highest BCUT2D eigenvalue weighted by molar-refractivity contribution is 14.1. The lowest BCUT2D eigenvalue weighted by Crippen LogP contribution is -2.57. The molecule has 0 aromatic heterocycles. The highest BCUT2D eigenvalue weighted by Crippen LogP contribution is 2.44. The number of carbonyl (C=O) groups is 1. The van der Waals surface area contributed by atoms with Gasteiger partial charge in [0.05, 0.1) is 0 Å². The monoisotopic (exact) mass is 319 g/mol. The van der Waals surface area contributed by atoms with E-state index in [0.29, 0.717) is 11.9 Å². The van der Waals surface area contributed by atoms with Gasteiger partial charge in [-0.15, -0.1) is 0 Å². The molecule has 0 N–H and O–H groups in total. The average molecular weight is 319 g/mol. The molecule has 1 aliphatic carbocycles. The molecule has 2 bridgehead atoms. The van der Waals surface area contributed by atoms with Crippen LogP contribution in [0.15, 0.2) is 0 Å². The molecular formula is C12H18INO. The normalized spacial score (nSPS) is 45.1. The number of alkyl halides is 1. The predicted molar refractivity (Wildman–Crippen MR) is 68.0 cm³/mol. The third kappa shape index (κ3) is 1.71. The molecule has 3 heteroatoms. The maximum Gasteiger partial charge on any atom is 0.222 e. The Morgan fingerprint density at radius 1 is 1.27 bits per heavy atom. The second-order valence-electron chi connectivity index (χ2n) is 5.36. The lowest BCUT2D eigenvalue weighted by atomic mass is 9.71. The minimum atomic E-state index is 0.437. The zero-order valence-electron chi connectivity index (χ0n) is 8.99. The van der Waals surface area contributed by atoms with E-state index in [1.165, 1.54) is 25.7 Å². The van der Waals surface area contributed by atoms with E-state index in [0.717, 1.165) is 35.1 Å². The number of hydrogen-bond acceptors (Lipinski definition) is 1. The molecule has 84 valence electrons. The molecule has 2 saturated heterocycles. The number of piperidine rings is 2. The first-order valence-corrected chi connectivity index (χ1v) is 7.44. The molecule has 15 heavy (non-hydrogen) atoms. The van der Waals surface area contributed by atoms with Gasteiger partial charge in [0.2, 0.25) is 5.91 Å². The van der Waals surface area contributed by atoms with Crippen molar-refractivity contribution in [2.45, 2.75) is 48.5 Å². The molecule has 3 fully saturated rings. The van der Waals surface area contributed by atoms with Crippen LogP contribution in [0.1, 0.15) is 38.5 Å². The van der Waals surface area contributed by atoms with Gasteiger partial charge in [0, 0.05) is 22.9 Å². The molecule has 1 saturated carbocycles. The van der Waals surface area contributed by atoms with Crippen molar-refractivity contribution < 1.29 is 4.79 Å². The van der Waals surface area contributed by atoms with E-state index < -0.39 is 0 Å². The van der Waals surface area contributed by atoms with Gasteiger partial charge in [-0.2, -0.15) is 0 Å². The van der Waals surface area contributed by atoms with Crippen molar-refractivity contribution in [3.63, 3.8) is 0 Å². The molecule has 2 nitrogen and oxygen atoms in total. The highest BCUT2D eigenvalue weighted by atomic mass is 127. The first-order chi connectivity index (χ1) is 7.25. The molecule has 2 heterocycles. The molecule has 0 aromatic carbocycles. The Bertz CT molecular complexity index is 281. The quantitative estimate of drug-likeness (QED) is 0.496. The van der Waals surface area contributed by atoms with Gasteiger partial charge in [0.25, 0.3) is 0 Å². The van der Waals surface area contributed by atoms with Crippen molar-refractivity contribution in [3.05, 3.63) is 0 Å². The van der Waals surface area contributed by atoms with Crippen molar-refractivity contribution in [3.8, 4) is 0 Å². The summed E-state index contributed by atoms with van der Waals surface area (Å²) < 4.78 is 0.817. The summed E-state index contributed by atoms with van der Waals surface area (Å²) >= 11 is 2.62. The van der Waals surface area contributed by atoms with E-state index in [1.807, 2.05) is 0 Å². The van der Waals surface area contributed by atoms with Crippen molar-refractivity contribution in [2.75, 3.05) is 6.54 Å². The van der Waals surface area contributed by atoms with Crippen LogP contribution in [-0.4, -0.2) is 27.3 Å². The number of nitrogens with zero attached hydrogens (tertiary/aromatic N) is 1. The summed E-state index contributed by atoms with van der Waals surface area (Å²) in [6.07, 6.45) is 7.33. The fourth-order valence-electron chi connectivity index (χ4n) is 3.73. The molecule has 4 atom stereocenters. The molecule has 1 amide bonds. The van der Waals surface area contributed by atoms with Crippen LogP contribution in [0.5, 0.6) is 0 Å². The third-order valence-corrected chi connectivity index (χ3v) is 6.03. The van der Waals surface area contributed by atoms with Crippen molar-refractivity contribution in [2.24, 2.45) is 11.8 Å². The highest BCUT2D eigenvalue weighted by Gasteiger charge is 2.44. The van der Waals surface area contributed by atoms with Gasteiger partial charge >= 0.3 is 0 Å². The van der Waals surface area contributed by atoms with Gasteiger partial charge in [-0.3, -0.25) is 4.79 Å². The lowest BCUT2D eigenvalue weighted by molar-refractivity contribution is -0.142. The summed E-state index contributed by atoms with van der Waals surface area (Å²) in [5.74, 6) is 2.06. The SMILES string of the molecule is O=C1CCC[C@@H]2[C@H]3C[C@H](CC[C@@H]3I)CN12. The fraction of sp³-hybridized carbons (Fsp3) is 0.917. The minimum absolute atomic E-state index is 0.437. The van der Waals surface area contributed by atoms with Crippen molar-refractivity contribution >= 4 is 28.5 Å². The van der Waals surface area contributed by atoms with Gasteiger partial charge in [-0.25, -0.2) is 0 Å². The number of carbonyl (C=O) groups excluding carboxylic acids is 1. The minimum Gasteiger partial charge on any atom is -0.339 e. The lowest BCUT2D eigenvalue weighted by Gasteiger charge is -2.51. The van der Waals surface area contributed by atoms with E-state index in [9.17, 15) is 4.79 Å². The van der Waals surface area contributed by atoms with Gasteiger partial charge in [-0.05, 0) is 43.9 Å². The Kier molecular flexibility index (Phi) is 2.69.